The van der Waals surface area contributed by atoms with Crippen molar-refractivity contribution in [1.82, 2.24) is 4.98 Å². The lowest BCUT2D eigenvalue weighted by atomic mass is 10.1. The monoisotopic (exact) mass is 334 g/mol. The Hall–Kier alpha value is -2.75. The van der Waals surface area contributed by atoms with Crippen molar-refractivity contribution >= 4 is 22.3 Å². The third-order valence-electron chi connectivity index (χ3n) is 4.70. The number of benzene rings is 2. The Balaban J connectivity index is 1.63. The lowest BCUT2D eigenvalue weighted by Gasteiger charge is -2.17. The molecule has 3 aromatic rings. The van der Waals surface area contributed by atoms with Gasteiger partial charge in [0.1, 0.15) is 5.82 Å². The molecule has 128 valence electrons. The second-order valence-corrected chi connectivity index (χ2v) is 6.40. The molecule has 0 amide bonds. The van der Waals surface area contributed by atoms with E-state index in [2.05, 4.69) is 22.4 Å². The van der Waals surface area contributed by atoms with E-state index in [-0.39, 0.29) is 0 Å². The molecule has 1 fully saturated rings. The molecule has 1 aliphatic rings. The normalized spacial score (nSPS) is 14.6. The van der Waals surface area contributed by atoms with Crippen LogP contribution in [0.4, 0.5) is 11.5 Å². The van der Waals surface area contributed by atoms with Crippen LogP contribution in [-0.4, -0.2) is 18.2 Å². The third-order valence-corrected chi connectivity index (χ3v) is 4.70. The van der Waals surface area contributed by atoms with Crippen molar-refractivity contribution in [3.8, 4) is 11.5 Å². The molecule has 4 rings (SSSR count). The second-order valence-electron chi connectivity index (χ2n) is 6.40. The minimum atomic E-state index is 0.292. The average molecular weight is 334 g/mol. The van der Waals surface area contributed by atoms with Gasteiger partial charge in [0.05, 0.1) is 13.2 Å². The predicted molar refractivity (Wildman–Crippen MR) is 101 cm³/mol. The molecular weight excluding hydrogens is 312 g/mol. The largest absolute Gasteiger partial charge is 0.493 e. The number of nitrogens with one attached hydrogen (secondary N) is 1. The van der Waals surface area contributed by atoms with E-state index < -0.39 is 0 Å². The number of anilines is 2. The summed E-state index contributed by atoms with van der Waals surface area (Å²) in [6.07, 6.45) is 6.83. The van der Waals surface area contributed by atoms with E-state index in [0.717, 1.165) is 46.6 Å². The summed E-state index contributed by atoms with van der Waals surface area (Å²) in [4.78, 5) is 4.49. The first-order valence-electron chi connectivity index (χ1n) is 8.79. The van der Waals surface area contributed by atoms with E-state index in [1.54, 1.807) is 7.11 Å². The molecule has 4 heteroatoms. The van der Waals surface area contributed by atoms with Gasteiger partial charge in [-0.2, -0.15) is 0 Å². The fourth-order valence-electron chi connectivity index (χ4n) is 3.39. The van der Waals surface area contributed by atoms with Gasteiger partial charge >= 0.3 is 0 Å². The highest BCUT2D eigenvalue weighted by atomic mass is 16.5. The van der Waals surface area contributed by atoms with Crippen molar-refractivity contribution in [2.45, 2.75) is 31.8 Å². The highest BCUT2D eigenvalue weighted by Gasteiger charge is 2.18. The fourth-order valence-corrected chi connectivity index (χ4v) is 3.39. The Kier molecular flexibility index (Phi) is 4.42. The molecule has 4 nitrogen and oxygen atoms in total. The summed E-state index contributed by atoms with van der Waals surface area (Å²) >= 11 is 0. The van der Waals surface area contributed by atoms with Gasteiger partial charge in [-0.15, -0.1) is 0 Å². The van der Waals surface area contributed by atoms with Crippen LogP contribution in [0.1, 0.15) is 25.7 Å². The maximum absolute atomic E-state index is 6.18. The molecule has 1 N–H and O–H groups in total. The molecule has 0 bridgehead atoms. The van der Waals surface area contributed by atoms with E-state index in [9.17, 15) is 0 Å². The minimum absolute atomic E-state index is 0.292. The Morgan fingerprint density at radius 2 is 1.84 bits per heavy atom. The molecule has 1 saturated carbocycles. The van der Waals surface area contributed by atoms with Gasteiger partial charge in [-0.25, -0.2) is 4.98 Å². The standard InChI is InChI=1S/C21H22N2O2/c1-24-19-11-10-16(14-20(19)25-17-7-3-4-8-17)23-21-18-9-5-2-6-15(18)12-13-22-21/h2,5-6,9-14,17H,3-4,7-8H2,1H3,(H,22,23). The van der Waals surface area contributed by atoms with E-state index in [0.29, 0.717) is 6.10 Å². The molecule has 1 heterocycles. The zero-order valence-corrected chi connectivity index (χ0v) is 14.4. The Bertz CT molecular complexity index is 867. The van der Waals surface area contributed by atoms with Gasteiger partial charge in [0.25, 0.3) is 0 Å². The van der Waals surface area contributed by atoms with Crippen LogP contribution in [0.2, 0.25) is 0 Å². The summed E-state index contributed by atoms with van der Waals surface area (Å²) in [6.45, 7) is 0. The number of fused-ring (bicyclic) bond motifs is 1. The SMILES string of the molecule is COc1ccc(Nc2nccc3ccccc23)cc1OC1CCCC1. The van der Waals surface area contributed by atoms with Gasteiger partial charge in [-0.05, 0) is 49.3 Å². The third kappa shape index (κ3) is 3.38. The first-order valence-corrected chi connectivity index (χ1v) is 8.79. The molecule has 1 aliphatic carbocycles. The van der Waals surface area contributed by atoms with Gasteiger partial charge in [0.2, 0.25) is 0 Å². The number of rotatable bonds is 5. The maximum Gasteiger partial charge on any atom is 0.163 e. The minimum Gasteiger partial charge on any atom is -0.493 e. The van der Waals surface area contributed by atoms with Crippen molar-refractivity contribution in [1.29, 1.82) is 0 Å². The smallest absolute Gasteiger partial charge is 0.163 e. The highest BCUT2D eigenvalue weighted by Crippen LogP contribution is 2.35. The predicted octanol–water partition coefficient (Wildman–Crippen LogP) is 5.31. The van der Waals surface area contributed by atoms with Gasteiger partial charge < -0.3 is 14.8 Å². The van der Waals surface area contributed by atoms with Crippen LogP contribution in [0.25, 0.3) is 10.8 Å². The molecular formula is C21H22N2O2. The van der Waals surface area contributed by atoms with Crippen molar-refractivity contribution in [3.63, 3.8) is 0 Å². The topological polar surface area (TPSA) is 43.4 Å². The number of pyridine rings is 1. The van der Waals surface area contributed by atoms with Gasteiger partial charge in [0, 0.05) is 23.3 Å². The molecule has 0 atom stereocenters. The molecule has 2 aromatic carbocycles. The van der Waals surface area contributed by atoms with E-state index >= 15 is 0 Å². The van der Waals surface area contributed by atoms with Gasteiger partial charge in [0.15, 0.2) is 11.5 Å². The summed E-state index contributed by atoms with van der Waals surface area (Å²) in [6, 6.07) is 16.2. The second kappa shape index (κ2) is 7.01. The quantitative estimate of drug-likeness (QED) is 0.687. The molecule has 0 aliphatic heterocycles. The number of methoxy groups -OCH3 is 1. The first kappa shape index (κ1) is 15.8. The van der Waals surface area contributed by atoms with Crippen LogP contribution in [0.3, 0.4) is 0 Å². The van der Waals surface area contributed by atoms with Crippen LogP contribution >= 0.6 is 0 Å². The zero-order valence-electron chi connectivity index (χ0n) is 14.4. The van der Waals surface area contributed by atoms with Crippen LogP contribution in [0.15, 0.2) is 54.7 Å². The summed E-state index contributed by atoms with van der Waals surface area (Å²) in [5.41, 5.74) is 0.942. The average Bonchev–Trinajstić information content (AvgIpc) is 3.15. The first-order chi connectivity index (χ1) is 12.3. The number of nitrogens with zero attached hydrogens (tertiary/aromatic N) is 1. The van der Waals surface area contributed by atoms with Crippen molar-refractivity contribution in [3.05, 3.63) is 54.7 Å². The van der Waals surface area contributed by atoms with Crippen LogP contribution in [0, 0.1) is 0 Å². The van der Waals surface area contributed by atoms with Crippen LogP contribution in [-0.2, 0) is 0 Å². The Labute approximate surface area is 147 Å². The van der Waals surface area contributed by atoms with E-state index in [1.807, 2.05) is 42.6 Å². The summed E-state index contributed by atoms with van der Waals surface area (Å²) in [5.74, 6) is 2.40. The Morgan fingerprint density at radius 1 is 1.00 bits per heavy atom. The Morgan fingerprint density at radius 3 is 2.68 bits per heavy atom. The zero-order chi connectivity index (χ0) is 17.1. The molecule has 1 aromatic heterocycles. The van der Waals surface area contributed by atoms with Crippen LogP contribution in [0.5, 0.6) is 11.5 Å². The summed E-state index contributed by atoms with van der Waals surface area (Å²) < 4.78 is 11.6. The maximum atomic E-state index is 6.18. The van der Waals surface area contributed by atoms with Gasteiger partial charge in [-0.1, -0.05) is 24.3 Å². The lowest BCUT2D eigenvalue weighted by molar-refractivity contribution is 0.201. The summed E-state index contributed by atoms with van der Waals surface area (Å²) in [7, 11) is 1.68. The summed E-state index contributed by atoms with van der Waals surface area (Å²) in [5, 5.41) is 5.68. The highest BCUT2D eigenvalue weighted by molar-refractivity contribution is 5.93. The van der Waals surface area contributed by atoms with Gasteiger partial charge in [-0.3, -0.25) is 0 Å². The van der Waals surface area contributed by atoms with Crippen molar-refractivity contribution < 1.29 is 9.47 Å². The van der Waals surface area contributed by atoms with Crippen molar-refractivity contribution in [2.24, 2.45) is 0 Å². The lowest BCUT2D eigenvalue weighted by Crippen LogP contribution is -2.11. The number of ether oxygens (including phenoxy) is 2. The van der Waals surface area contributed by atoms with Crippen LogP contribution < -0.4 is 14.8 Å². The molecule has 0 unspecified atom stereocenters. The number of hydrogen-bond donors (Lipinski definition) is 1. The fraction of sp³-hybridized carbons (Fsp3) is 0.286. The van der Waals surface area contributed by atoms with E-state index in [4.69, 9.17) is 9.47 Å². The number of hydrogen-bond acceptors (Lipinski definition) is 4. The molecule has 0 radical (unpaired) electrons. The molecule has 0 saturated heterocycles. The number of aromatic nitrogens is 1. The molecule has 25 heavy (non-hydrogen) atoms. The molecule has 0 spiro atoms. The van der Waals surface area contributed by atoms with Crippen molar-refractivity contribution in [2.75, 3.05) is 12.4 Å². The van der Waals surface area contributed by atoms with E-state index in [1.165, 1.54) is 12.8 Å².